The van der Waals surface area contributed by atoms with Gasteiger partial charge in [0.2, 0.25) is 23.6 Å². The molecule has 20 heteroatoms. The number of unbranched alkanes of at least 4 members (excludes halogenated alkanes) is 6. The summed E-state index contributed by atoms with van der Waals surface area (Å²) in [6, 6.07) is 35.8. The number of rotatable bonds is 34. The molecule has 0 unspecified atom stereocenters. The van der Waals surface area contributed by atoms with Crippen LogP contribution in [0, 0.1) is 11.6 Å². The molecule has 6 N–H and O–H groups in total. The summed E-state index contributed by atoms with van der Waals surface area (Å²) < 4.78 is 37.4. The first-order chi connectivity index (χ1) is 38.8. The van der Waals surface area contributed by atoms with E-state index in [0.717, 1.165) is 57.7 Å². The first kappa shape index (κ1) is 62.2. The largest absolute Gasteiger partial charge is 0.445 e. The van der Waals surface area contributed by atoms with Crippen molar-refractivity contribution in [3.05, 3.63) is 178 Å². The van der Waals surface area contributed by atoms with Crippen molar-refractivity contribution in [3.63, 3.8) is 0 Å². The lowest BCUT2D eigenvalue weighted by Gasteiger charge is -2.24. The van der Waals surface area contributed by atoms with Crippen molar-refractivity contribution in [2.45, 2.75) is 77.4 Å². The number of nitrogens with zero attached hydrogens (tertiary/aromatic N) is 2. The second-order valence-corrected chi connectivity index (χ2v) is 18.9. The van der Waals surface area contributed by atoms with Gasteiger partial charge in [0.15, 0.2) is 0 Å². The zero-order valence-corrected chi connectivity index (χ0v) is 45.0. The summed E-state index contributed by atoms with van der Waals surface area (Å²) in [7, 11) is 0. The number of alkyl carbamates (subject to hydrolysis) is 2. The third-order valence-electron chi connectivity index (χ3n) is 12.4. The summed E-state index contributed by atoms with van der Waals surface area (Å²) >= 11 is 0. The van der Waals surface area contributed by atoms with Crippen LogP contribution in [0.2, 0.25) is 0 Å². The fraction of sp³-hybridized carbons (Fsp3) is 0.367. The third kappa shape index (κ3) is 25.2. The number of hydrogen-bond acceptors (Lipinski definition) is 10. The highest BCUT2D eigenvalue weighted by Crippen LogP contribution is 2.13. The quantitative estimate of drug-likeness (QED) is 0.0237. The van der Waals surface area contributed by atoms with Crippen LogP contribution in [0.1, 0.15) is 94.3 Å². The number of halogens is 2. The van der Waals surface area contributed by atoms with Crippen LogP contribution in [0.25, 0.3) is 0 Å². The van der Waals surface area contributed by atoms with Crippen molar-refractivity contribution < 1.29 is 56.6 Å². The summed E-state index contributed by atoms with van der Waals surface area (Å²) in [6.07, 6.45) is 5.26. The van der Waals surface area contributed by atoms with Crippen LogP contribution in [0.3, 0.4) is 0 Å². The van der Waals surface area contributed by atoms with Gasteiger partial charge in [0.05, 0.1) is 0 Å². The minimum absolute atomic E-state index is 0.0484. The Morgan fingerprint density at radius 2 is 0.675 bits per heavy atom. The maximum Gasteiger partial charge on any atom is 0.407 e. The van der Waals surface area contributed by atoms with E-state index in [1.54, 1.807) is 24.3 Å². The zero-order chi connectivity index (χ0) is 57.2. The second kappa shape index (κ2) is 35.7. The van der Waals surface area contributed by atoms with E-state index in [4.69, 9.17) is 9.47 Å². The van der Waals surface area contributed by atoms with E-state index in [0.29, 0.717) is 51.6 Å². The predicted octanol–water partition coefficient (Wildman–Crippen LogP) is 6.77. The highest BCUT2D eigenvalue weighted by atomic mass is 19.1. The van der Waals surface area contributed by atoms with Gasteiger partial charge in [-0.3, -0.25) is 28.8 Å². The van der Waals surface area contributed by atoms with Crippen molar-refractivity contribution in [1.82, 2.24) is 41.7 Å². The number of benzene rings is 5. The number of amides is 8. The summed E-state index contributed by atoms with van der Waals surface area (Å²) in [5.41, 5.74) is 3.19. The van der Waals surface area contributed by atoms with E-state index in [-0.39, 0.29) is 50.5 Å². The lowest BCUT2D eigenvalue weighted by Crippen LogP contribution is -2.46. The predicted molar refractivity (Wildman–Crippen MR) is 297 cm³/mol. The van der Waals surface area contributed by atoms with Gasteiger partial charge in [-0.05, 0) is 103 Å². The van der Waals surface area contributed by atoms with Gasteiger partial charge in [0.25, 0.3) is 11.8 Å². The van der Waals surface area contributed by atoms with Gasteiger partial charge in [-0.25, -0.2) is 18.4 Å². The average Bonchev–Trinajstić information content (AvgIpc) is 3.46. The maximum atomic E-state index is 14.3. The van der Waals surface area contributed by atoms with Crippen molar-refractivity contribution in [2.75, 3.05) is 65.4 Å². The standard InChI is InChI=1S/C60H72F2N8O10/c61-51-26-22-45(23-27-51)30-36-65-55(73)41-69(39-53(71)63-32-11-1-3-13-34-67-59(77)79-43-47-16-7-5-8-17-47)57(75)49-20-15-21-50(38-49)58(76)70(42-56(74)66-37-31-46-24-28-52(62)29-25-46)40-54(72)64-33-12-2-4-14-35-68-60(78)80-44-48-18-9-6-10-19-48/h5-10,15-29,38H,1-4,11-14,30-37,39-44H2,(H,63,71)(H,64,72)(H,65,73)(H,66,74)(H,67,77)(H,68,78). The molecule has 0 saturated carbocycles. The Morgan fingerprint density at radius 3 is 1.02 bits per heavy atom. The molecule has 0 spiro atoms. The first-order valence-electron chi connectivity index (χ1n) is 26.9. The highest BCUT2D eigenvalue weighted by molar-refractivity contribution is 6.03. The molecule has 0 aliphatic carbocycles. The Labute approximate surface area is 465 Å². The number of hydrogen-bond donors (Lipinski definition) is 6. The SMILES string of the molecule is O=C(CN(CC(=O)NCCc1ccc(F)cc1)C(=O)c1cccc(C(=O)N(CC(=O)NCCCCCCNC(=O)OCc2ccccc2)CC(=O)NCCc2ccc(F)cc2)c1)NCCCCCCNC(=O)OCc1ccccc1. The van der Waals surface area contributed by atoms with Crippen LogP contribution in [-0.4, -0.2) is 123 Å². The molecule has 0 atom stereocenters. The van der Waals surface area contributed by atoms with Crippen molar-refractivity contribution in [1.29, 1.82) is 0 Å². The van der Waals surface area contributed by atoms with Crippen LogP contribution in [0.4, 0.5) is 18.4 Å². The van der Waals surface area contributed by atoms with Crippen LogP contribution >= 0.6 is 0 Å². The molecule has 0 heterocycles. The Morgan fingerprint density at radius 1 is 0.350 bits per heavy atom. The normalized spacial score (nSPS) is 10.6. The molecule has 5 rings (SSSR count). The first-order valence-corrected chi connectivity index (χ1v) is 26.9. The molecule has 0 aliphatic rings. The fourth-order valence-electron chi connectivity index (χ4n) is 8.05. The Hall–Kier alpha value is -8.68. The molecule has 0 bridgehead atoms. The van der Waals surface area contributed by atoms with Gasteiger partial charge in [-0.15, -0.1) is 0 Å². The van der Waals surface area contributed by atoms with Crippen LogP contribution < -0.4 is 31.9 Å². The van der Waals surface area contributed by atoms with Crippen molar-refractivity contribution >= 4 is 47.6 Å². The molecule has 8 amide bonds. The molecule has 426 valence electrons. The van der Waals surface area contributed by atoms with Crippen molar-refractivity contribution in [3.8, 4) is 0 Å². The molecule has 0 aliphatic heterocycles. The lowest BCUT2D eigenvalue weighted by atomic mass is 10.1. The number of ether oxygens (including phenoxy) is 2. The molecule has 0 saturated heterocycles. The number of carbonyl (C=O) groups is 8. The van der Waals surface area contributed by atoms with E-state index >= 15 is 0 Å². The van der Waals surface area contributed by atoms with Gasteiger partial charge in [0.1, 0.15) is 51.0 Å². The summed E-state index contributed by atoms with van der Waals surface area (Å²) in [5.74, 6) is -4.53. The minimum atomic E-state index is -0.750. The van der Waals surface area contributed by atoms with Crippen molar-refractivity contribution in [2.24, 2.45) is 0 Å². The molecule has 5 aromatic rings. The Balaban J connectivity index is 1.15. The molecule has 0 aromatic heterocycles. The molecule has 5 aromatic carbocycles. The molecular weight excluding hydrogens is 1030 g/mol. The van der Waals surface area contributed by atoms with E-state index < -0.39 is 85.4 Å². The Bertz CT molecular complexity index is 2560. The van der Waals surface area contributed by atoms with E-state index in [1.807, 2.05) is 60.7 Å². The van der Waals surface area contributed by atoms with Gasteiger partial charge < -0.3 is 51.2 Å². The molecule has 80 heavy (non-hydrogen) atoms. The smallest absolute Gasteiger partial charge is 0.407 e. The second-order valence-electron chi connectivity index (χ2n) is 18.9. The van der Waals surface area contributed by atoms with Gasteiger partial charge >= 0.3 is 12.2 Å². The monoisotopic (exact) mass is 1100 g/mol. The molecule has 18 nitrogen and oxygen atoms in total. The number of nitrogens with one attached hydrogen (secondary N) is 6. The maximum absolute atomic E-state index is 14.3. The summed E-state index contributed by atoms with van der Waals surface area (Å²) in [4.78, 5) is 108. The van der Waals surface area contributed by atoms with Gasteiger partial charge in [-0.1, -0.05) is 117 Å². The molecular formula is C60H72F2N8O10. The van der Waals surface area contributed by atoms with E-state index in [9.17, 15) is 47.1 Å². The van der Waals surface area contributed by atoms with E-state index in [1.165, 1.54) is 48.5 Å². The molecule has 0 fully saturated rings. The topological polar surface area (TPSA) is 234 Å². The fourth-order valence-corrected chi connectivity index (χ4v) is 8.05. The summed E-state index contributed by atoms with van der Waals surface area (Å²) in [5, 5.41) is 16.5. The van der Waals surface area contributed by atoms with Gasteiger partial charge in [0, 0.05) is 50.4 Å². The number of carbonyl (C=O) groups excluding carboxylic acids is 8. The van der Waals surface area contributed by atoms with E-state index in [2.05, 4.69) is 31.9 Å². The van der Waals surface area contributed by atoms with Gasteiger partial charge in [-0.2, -0.15) is 0 Å². The summed E-state index contributed by atoms with van der Waals surface area (Å²) in [6.45, 7) is -0.0559. The third-order valence-corrected chi connectivity index (χ3v) is 12.4. The Kier molecular flexibility index (Phi) is 27.7. The minimum Gasteiger partial charge on any atom is -0.445 e. The van der Waals surface area contributed by atoms with Crippen LogP contribution in [0.5, 0.6) is 0 Å². The molecule has 0 radical (unpaired) electrons. The average molecular weight is 1100 g/mol. The van der Waals surface area contributed by atoms with Crippen LogP contribution in [0.15, 0.2) is 133 Å². The highest BCUT2D eigenvalue weighted by Gasteiger charge is 2.26. The van der Waals surface area contributed by atoms with Crippen LogP contribution in [-0.2, 0) is 54.7 Å². The lowest BCUT2D eigenvalue weighted by molar-refractivity contribution is -0.125. The zero-order valence-electron chi connectivity index (χ0n) is 45.0.